The normalized spacial score (nSPS) is 13.2. The van der Waals surface area contributed by atoms with Crippen LogP contribution >= 0.6 is 0 Å². The molecule has 0 aliphatic carbocycles. The van der Waals surface area contributed by atoms with E-state index in [0.717, 1.165) is 13.1 Å². The standard InChI is InChI=1S/C14H27N3/c1-5-9-15-13(12(6-2)7-3)14-16-10-11-17(14)8-4/h10-13,15H,5-9H2,1-4H3. The molecule has 17 heavy (non-hydrogen) atoms. The van der Waals surface area contributed by atoms with Gasteiger partial charge >= 0.3 is 0 Å². The van der Waals surface area contributed by atoms with E-state index in [0.29, 0.717) is 12.0 Å². The highest BCUT2D eigenvalue weighted by atomic mass is 15.1. The summed E-state index contributed by atoms with van der Waals surface area (Å²) in [4.78, 5) is 4.56. The summed E-state index contributed by atoms with van der Waals surface area (Å²) in [6.07, 6.45) is 7.58. The number of hydrogen-bond acceptors (Lipinski definition) is 2. The molecule has 0 aliphatic rings. The summed E-state index contributed by atoms with van der Waals surface area (Å²) in [5, 5.41) is 3.67. The van der Waals surface area contributed by atoms with Gasteiger partial charge in [0.15, 0.2) is 0 Å². The van der Waals surface area contributed by atoms with Crippen molar-refractivity contribution in [2.24, 2.45) is 5.92 Å². The highest BCUT2D eigenvalue weighted by molar-refractivity contribution is 5.01. The second-order valence-corrected chi connectivity index (χ2v) is 4.58. The number of hydrogen-bond donors (Lipinski definition) is 1. The minimum Gasteiger partial charge on any atom is -0.334 e. The number of nitrogens with zero attached hydrogens (tertiary/aromatic N) is 2. The number of aromatic nitrogens is 2. The molecule has 0 spiro atoms. The molecule has 0 fully saturated rings. The third kappa shape index (κ3) is 3.56. The lowest BCUT2D eigenvalue weighted by Gasteiger charge is -2.26. The molecule has 1 heterocycles. The van der Waals surface area contributed by atoms with Crippen molar-refractivity contribution < 1.29 is 0 Å². The van der Waals surface area contributed by atoms with Crippen LogP contribution in [0.3, 0.4) is 0 Å². The fourth-order valence-corrected chi connectivity index (χ4v) is 2.40. The number of aryl methyl sites for hydroxylation is 1. The Morgan fingerprint density at radius 3 is 2.47 bits per heavy atom. The molecule has 0 saturated carbocycles. The van der Waals surface area contributed by atoms with Gasteiger partial charge in [-0.25, -0.2) is 4.98 Å². The third-order valence-corrected chi connectivity index (χ3v) is 3.50. The van der Waals surface area contributed by atoms with Gasteiger partial charge in [0.25, 0.3) is 0 Å². The molecule has 0 amide bonds. The lowest BCUT2D eigenvalue weighted by molar-refractivity contribution is 0.321. The molecule has 1 unspecified atom stereocenters. The van der Waals surface area contributed by atoms with Crippen LogP contribution in [0.5, 0.6) is 0 Å². The largest absolute Gasteiger partial charge is 0.334 e. The molecule has 1 aromatic heterocycles. The van der Waals surface area contributed by atoms with E-state index in [9.17, 15) is 0 Å². The van der Waals surface area contributed by atoms with Crippen LogP contribution in [0.4, 0.5) is 0 Å². The lowest BCUT2D eigenvalue weighted by atomic mass is 9.93. The van der Waals surface area contributed by atoms with E-state index >= 15 is 0 Å². The summed E-state index contributed by atoms with van der Waals surface area (Å²) in [5.74, 6) is 1.88. The molecule has 0 aliphatic heterocycles. The fourth-order valence-electron chi connectivity index (χ4n) is 2.40. The van der Waals surface area contributed by atoms with Crippen molar-refractivity contribution in [1.29, 1.82) is 0 Å². The molecule has 1 N–H and O–H groups in total. The molecule has 3 nitrogen and oxygen atoms in total. The van der Waals surface area contributed by atoms with Crippen LogP contribution in [0.25, 0.3) is 0 Å². The van der Waals surface area contributed by atoms with Crippen molar-refractivity contribution in [3.63, 3.8) is 0 Å². The molecular weight excluding hydrogens is 210 g/mol. The average molecular weight is 237 g/mol. The first-order chi connectivity index (χ1) is 8.28. The molecular formula is C14H27N3. The van der Waals surface area contributed by atoms with Crippen LogP contribution in [-0.4, -0.2) is 16.1 Å². The Labute approximate surface area is 106 Å². The molecule has 98 valence electrons. The lowest BCUT2D eigenvalue weighted by Crippen LogP contribution is -2.31. The van der Waals surface area contributed by atoms with Crippen molar-refractivity contribution >= 4 is 0 Å². The monoisotopic (exact) mass is 237 g/mol. The Bertz CT molecular complexity index is 302. The first-order valence-electron chi connectivity index (χ1n) is 7.02. The van der Waals surface area contributed by atoms with Gasteiger partial charge in [-0.3, -0.25) is 0 Å². The van der Waals surface area contributed by atoms with Gasteiger partial charge in [-0.15, -0.1) is 0 Å². The highest BCUT2D eigenvalue weighted by Gasteiger charge is 2.23. The van der Waals surface area contributed by atoms with Gasteiger partial charge in [0.05, 0.1) is 6.04 Å². The molecule has 0 aromatic carbocycles. The summed E-state index contributed by atoms with van der Waals surface area (Å²) in [5.41, 5.74) is 0. The van der Waals surface area contributed by atoms with E-state index in [1.165, 1.54) is 25.1 Å². The predicted octanol–water partition coefficient (Wildman–Crippen LogP) is 3.38. The maximum atomic E-state index is 4.56. The quantitative estimate of drug-likeness (QED) is 0.751. The summed E-state index contributed by atoms with van der Waals surface area (Å²) in [6.45, 7) is 11.0. The third-order valence-electron chi connectivity index (χ3n) is 3.50. The van der Waals surface area contributed by atoms with Crippen LogP contribution in [0.2, 0.25) is 0 Å². The molecule has 3 heteroatoms. The van der Waals surface area contributed by atoms with Crippen LogP contribution in [0, 0.1) is 5.92 Å². The van der Waals surface area contributed by atoms with Crippen LogP contribution in [-0.2, 0) is 6.54 Å². The first-order valence-corrected chi connectivity index (χ1v) is 7.02. The van der Waals surface area contributed by atoms with E-state index in [-0.39, 0.29) is 0 Å². The maximum Gasteiger partial charge on any atom is 0.126 e. The van der Waals surface area contributed by atoms with Gasteiger partial charge in [-0.2, -0.15) is 0 Å². The number of rotatable bonds is 8. The Hall–Kier alpha value is -0.830. The molecule has 1 rings (SSSR count). The Balaban J connectivity index is 2.88. The van der Waals surface area contributed by atoms with Gasteiger partial charge in [0, 0.05) is 18.9 Å². The highest BCUT2D eigenvalue weighted by Crippen LogP contribution is 2.26. The van der Waals surface area contributed by atoms with Crippen molar-refractivity contribution in [1.82, 2.24) is 14.9 Å². The molecule has 0 bridgehead atoms. The van der Waals surface area contributed by atoms with Gasteiger partial charge in [-0.05, 0) is 25.8 Å². The molecule has 0 radical (unpaired) electrons. The smallest absolute Gasteiger partial charge is 0.126 e. The van der Waals surface area contributed by atoms with Gasteiger partial charge in [0.2, 0.25) is 0 Å². The minimum atomic E-state index is 0.403. The second kappa shape index (κ2) is 7.49. The fraction of sp³-hybridized carbons (Fsp3) is 0.786. The topological polar surface area (TPSA) is 29.9 Å². The van der Waals surface area contributed by atoms with Gasteiger partial charge < -0.3 is 9.88 Å². The van der Waals surface area contributed by atoms with E-state index in [4.69, 9.17) is 0 Å². The summed E-state index contributed by atoms with van der Waals surface area (Å²) >= 11 is 0. The van der Waals surface area contributed by atoms with E-state index < -0.39 is 0 Å². The second-order valence-electron chi connectivity index (χ2n) is 4.58. The predicted molar refractivity (Wildman–Crippen MR) is 73.0 cm³/mol. The van der Waals surface area contributed by atoms with Gasteiger partial charge in [-0.1, -0.05) is 33.6 Å². The molecule has 0 saturated heterocycles. The van der Waals surface area contributed by atoms with Gasteiger partial charge in [0.1, 0.15) is 5.82 Å². The van der Waals surface area contributed by atoms with Crippen LogP contribution < -0.4 is 5.32 Å². The molecule has 1 aromatic rings. The van der Waals surface area contributed by atoms with Crippen molar-refractivity contribution in [2.75, 3.05) is 6.54 Å². The van der Waals surface area contributed by atoms with Crippen LogP contribution in [0.1, 0.15) is 58.8 Å². The Morgan fingerprint density at radius 1 is 1.24 bits per heavy atom. The van der Waals surface area contributed by atoms with E-state index in [2.05, 4.69) is 48.8 Å². The zero-order valence-corrected chi connectivity index (χ0v) is 11.7. The van der Waals surface area contributed by atoms with Crippen molar-refractivity contribution in [3.8, 4) is 0 Å². The van der Waals surface area contributed by atoms with Crippen molar-refractivity contribution in [3.05, 3.63) is 18.2 Å². The zero-order valence-electron chi connectivity index (χ0n) is 11.7. The molecule has 1 atom stereocenters. The SMILES string of the molecule is CCCNC(c1nccn1CC)C(CC)CC. The Morgan fingerprint density at radius 2 is 1.94 bits per heavy atom. The summed E-state index contributed by atoms with van der Waals surface area (Å²) in [7, 11) is 0. The average Bonchev–Trinajstić information content (AvgIpc) is 2.82. The van der Waals surface area contributed by atoms with Crippen molar-refractivity contribution in [2.45, 2.75) is 59.5 Å². The summed E-state index contributed by atoms with van der Waals surface area (Å²) < 4.78 is 2.26. The Kier molecular flexibility index (Phi) is 6.27. The zero-order chi connectivity index (χ0) is 12.7. The maximum absolute atomic E-state index is 4.56. The van der Waals surface area contributed by atoms with E-state index in [1.54, 1.807) is 0 Å². The minimum absolute atomic E-state index is 0.403. The van der Waals surface area contributed by atoms with E-state index in [1.807, 2.05) is 6.20 Å². The summed E-state index contributed by atoms with van der Waals surface area (Å²) in [6, 6.07) is 0.403. The number of imidazole rings is 1. The number of nitrogens with one attached hydrogen (secondary N) is 1. The van der Waals surface area contributed by atoms with Crippen LogP contribution in [0.15, 0.2) is 12.4 Å². The first kappa shape index (κ1) is 14.2.